The molecule has 2 amide bonds. The van der Waals surface area contributed by atoms with Crippen molar-refractivity contribution in [3.05, 3.63) is 23.8 Å². The van der Waals surface area contributed by atoms with Crippen molar-refractivity contribution in [2.24, 2.45) is 0 Å². The highest BCUT2D eigenvalue weighted by Crippen LogP contribution is 2.28. The summed E-state index contributed by atoms with van der Waals surface area (Å²) in [6.07, 6.45) is -4.99. The molecule has 166 valence electrons. The fourth-order valence-corrected chi connectivity index (χ4v) is 2.72. The van der Waals surface area contributed by atoms with Crippen molar-refractivity contribution in [2.75, 3.05) is 27.3 Å². The van der Waals surface area contributed by atoms with E-state index in [9.17, 15) is 22.8 Å². The van der Waals surface area contributed by atoms with Crippen LogP contribution in [0.3, 0.4) is 0 Å². The van der Waals surface area contributed by atoms with Crippen LogP contribution in [0.15, 0.2) is 18.2 Å². The van der Waals surface area contributed by atoms with Gasteiger partial charge >= 0.3 is 12.1 Å². The molecule has 1 fully saturated rings. The number of nitrogens with zero attached hydrogens (tertiary/aromatic N) is 2. The first-order chi connectivity index (χ1) is 13.7. The Kier molecular flexibility index (Phi) is 11.2. The molecule has 0 radical (unpaired) electrons. The van der Waals surface area contributed by atoms with Gasteiger partial charge in [0.1, 0.15) is 17.5 Å². The van der Waals surface area contributed by atoms with Gasteiger partial charge in [-0.15, -0.1) is 0 Å². The van der Waals surface area contributed by atoms with E-state index in [0.29, 0.717) is 22.0 Å². The average Bonchev–Trinajstić information content (AvgIpc) is 2.73. The minimum atomic E-state index is -4.99. The highest BCUT2D eigenvalue weighted by atomic mass is 19.4. The molecule has 1 aliphatic heterocycles. The van der Waals surface area contributed by atoms with E-state index in [0.717, 1.165) is 0 Å². The number of carbonyl (C=O) groups is 2. The van der Waals surface area contributed by atoms with E-state index < -0.39 is 24.0 Å². The number of hydrogen-bond acceptors (Lipinski definition) is 4. The SMILES string of the molecule is CC.CC.COc1ccc(CN2CCN(C(=O)C(F)(F)F)C(C)C2=O)c(OC)c1. The predicted molar refractivity (Wildman–Crippen MR) is 105 cm³/mol. The van der Waals surface area contributed by atoms with E-state index in [1.165, 1.54) is 26.0 Å². The Morgan fingerprint density at radius 3 is 2.17 bits per heavy atom. The number of halogens is 3. The van der Waals surface area contributed by atoms with E-state index in [1.54, 1.807) is 18.2 Å². The molecule has 0 N–H and O–H groups in total. The second kappa shape index (κ2) is 12.2. The zero-order chi connectivity index (χ0) is 22.8. The van der Waals surface area contributed by atoms with E-state index >= 15 is 0 Å². The Morgan fingerprint density at radius 1 is 1.10 bits per heavy atom. The zero-order valence-corrected chi connectivity index (χ0v) is 18.1. The van der Waals surface area contributed by atoms with E-state index in [1.807, 2.05) is 27.7 Å². The number of amides is 2. The van der Waals surface area contributed by atoms with Crippen molar-refractivity contribution in [2.45, 2.75) is 53.4 Å². The molecular weight excluding hydrogens is 389 g/mol. The van der Waals surface area contributed by atoms with Gasteiger partial charge in [-0.05, 0) is 19.1 Å². The van der Waals surface area contributed by atoms with Crippen LogP contribution in [-0.2, 0) is 16.1 Å². The Bertz CT molecular complexity index is 666. The monoisotopic (exact) mass is 420 g/mol. The maximum Gasteiger partial charge on any atom is 0.471 e. The lowest BCUT2D eigenvalue weighted by atomic mass is 10.1. The van der Waals surface area contributed by atoms with Crippen molar-refractivity contribution in [3.8, 4) is 11.5 Å². The van der Waals surface area contributed by atoms with Crippen LogP contribution in [0.2, 0.25) is 0 Å². The van der Waals surface area contributed by atoms with Crippen molar-refractivity contribution < 1.29 is 32.2 Å². The summed E-state index contributed by atoms with van der Waals surface area (Å²) in [5.41, 5.74) is 0.694. The van der Waals surface area contributed by atoms with Crippen LogP contribution in [0, 0.1) is 0 Å². The van der Waals surface area contributed by atoms with Crippen LogP contribution in [0.5, 0.6) is 11.5 Å². The molecule has 29 heavy (non-hydrogen) atoms. The summed E-state index contributed by atoms with van der Waals surface area (Å²) >= 11 is 0. The lowest BCUT2D eigenvalue weighted by Crippen LogP contribution is -2.59. The van der Waals surface area contributed by atoms with Crippen molar-refractivity contribution in [3.63, 3.8) is 0 Å². The summed E-state index contributed by atoms with van der Waals surface area (Å²) in [6.45, 7) is 9.30. The Hall–Kier alpha value is -2.45. The van der Waals surface area contributed by atoms with E-state index in [-0.39, 0.29) is 19.6 Å². The lowest BCUT2D eigenvalue weighted by Gasteiger charge is -2.39. The normalized spacial score (nSPS) is 16.2. The summed E-state index contributed by atoms with van der Waals surface area (Å²) in [7, 11) is 2.99. The third kappa shape index (κ3) is 6.83. The fourth-order valence-electron chi connectivity index (χ4n) is 2.72. The first-order valence-electron chi connectivity index (χ1n) is 9.56. The van der Waals surface area contributed by atoms with Crippen LogP contribution in [0.25, 0.3) is 0 Å². The van der Waals surface area contributed by atoms with Gasteiger partial charge in [-0.1, -0.05) is 27.7 Å². The van der Waals surface area contributed by atoms with Gasteiger partial charge in [-0.3, -0.25) is 9.59 Å². The van der Waals surface area contributed by atoms with Crippen LogP contribution >= 0.6 is 0 Å². The van der Waals surface area contributed by atoms with Crippen LogP contribution in [0.1, 0.15) is 40.2 Å². The third-order valence-corrected chi connectivity index (χ3v) is 4.11. The molecule has 1 saturated heterocycles. The predicted octanol–water partition coefficient (Wildman–Crippen LogP) is 3.88. The minimum Gasteiger partial charge on any atom is -0.497 e. The molecule has 1 aromatic rings. The topological polar surface area (TPSA) is 59.1 Å². The smallest absolute Gasteiger partial charge is 0.471 e. The Labute approximate surface area is 170 Å². The quantitative estimate of drug-likeness (QED) is 0.742. The van der Waals surface area contributed by atoms with E-state index in [4.69, 9.17) is 9.47 Å². The zero-order valence-electron chi connectivity index (χ0n) is 18.1. The number of hydrogen-bond donors (Lipinski definition) is 0. The highest BCUT2D eigenvalue weighted by Gasteiger charge is 2.47. The summed E-state index contributed by atoms with van der Waals surface area (Å²) in [4.78, 5) is 25.8. The molecule has 0 aromatic heterocycles. The molecular formula is C20H31F3N2O4. The average molecular weight is 420 g/mol. The van der Waals surface area contributed by atoms with Crippen molar-refractivity contribution in [1.29, 1.82) is 0 Å². The van der Waals surface area contributed by atoms with Crippen molar-refractivity contribution >= 4 is 11.8 Å². The standard InChI is InChI=1S/C16H19F3N2O4.2C2H6/c1-10-14(22)20(6-7-21(10)15(23)16(17,18)19)9-11-4-5-12(24-2)8-13(11)25-3;2*1-2/h4-5,8,10H,6-7,9H2,1-3H3;2*1-2H3. The second-order valence-corrected chi connectivity index (χ2v) is 5.61. The summed E-state index contributed by atoms with van der Waals surface area (Å²) in [5, 5.41) is 0. The molecule has 0 saturated carbocycles. The molecule has 1 aromatic carbocycles. The molecule has 1 aliphatic rings. The number of methoxy groups -OCH3 is 2. The lowest BCUT2D eigenvalue weighted by molar-refractivity contribution is -0.191. The molecule has 6 nitrogen and oxygen atoms in total. The summed E-state index contributed by atoms with van der Waals surface area (Å²) in [5.74, 6) is -1.44. The van der Waals surface area contributed by atoms with E-state index in [2.05, 4.69) is 0 Å². The summed E-state index contributed by atoms with van der Waals surface area (Å²) in [6, 6.07) is 3.91. The third-order valence-electron chi connectivity index (χ3n) is 4.11. The molecule has 1 heterocycles. The number of carbonyl (C=O) groups excluding carboxylic acids is 2. The molecule has 0 aliphatic carbocycles. The first kappa shape index (κ1) is 26.6. The Morgan fingerprint density at radius 2 is 1.69 bits per heavy atom. The fraction of sp³-hybridized carbons (Fsp3) is 0.600. The molecule has 0 spiro atoms. The van der Waals surface area contributed by atoms with Gasteiger partial charge in [0.25, 0.3) is 0 Å². The molecule has 9 heteroatoms. The van der Waals surface area contributed by atoms with Crippen LogP contribution in [-0.4, -0.2) is 61.1 Å². The summed E-state index contributed by atoms with van der Waals surface area (Å²) < 4.78 is 48.2. The van der Waals surface area contributed by atoms with Gasteiger partial charge in [0, 0.05) is 31.3 Å². The van der Waals surface area contributed by atoms with Gasteiger partial charge in [0.2, 0.25) is 5.91 Å². The molecule has 2 rings (SSSR count). The van der Waals surface area contributed by atoms with Gasteiger partial charge in [-0.2, -0.15) is 13.2 Å². The number of piperazine rings is 1. The van der Waals surface area contributed by atoms with Gasteiger partial charge in [0.05, 0.1) is 14.2 Å². The molecule has 0 bridgehead atoms. The first-order valence-corrected chi connectivity index (χ1v) is 9.56. The number of benzene rings is 1. The molecule has 1 unspecified atom stereocenters. The highest BCUT2D eigenvalue weighted by molar-refractivity contribution is 5.90. The van der Waals surface area contributed by atoms with Gasteiger partial charge in [0.15, 0.2) is 0 Å². The number of alkyl halides is 3. The van der Waals surface area contributed by atoms with Crippen molar-refractivity contribution in [1.82, 2.24) is 9.80 Å². The maximum atomic E-state index is 12.6. The van der Waals surface area contributed by atoms with Gasteiger partial charge < -0.3 is 19.3 Å². The van der Waals surface area contributed by atoms with Gasteiger partial charge in [-0.25, -0.2) is 0 Å². The maximum absolute atomic E-state index is 12.6. The Balaban J connectivity index is 0.00000184. The largest absolute Gasteiger partial charge is 0.497 e. The minimum absolute atomic E-state index is 0.0141. The number of rotatable bonds is 4. The van der Waals surface area contributed by atoms with Crippen LogP contribution in [0.4, 0.5) is 13.2 Å². The number of ether oxygens (including phenoxy) is 2. The molecule has 1 atom stereocenters. The van der Waals surface area contributed by atoms with Crippen LogP contribution < -0.4 is 9.47 Å². The second-order valence-electron chi connectivity index (χ2n) is 5.61.